The van der Waals surface area contributed by atoms with Gasteiger partial charge in [-0.05, 0) is 55.9 Å². The number of ketones is 1. The van der Waals surface area contributed by atoms with Gasteiger partial charge in [-0.1, -0.05) is 49.4 Å². The molecule has 32 heavy (non-hydrogen) atoms. The summed E-state index contributed by atoms with van der Waals surface area (Å²) in [4.78, 5) is 26.6. The highest BCUT2D eigenvalue weighted by molar-refractivity contribution is 6.04. The molecule has 1 N–H and O–H groups in total. The smallest absolute Gasteiger partial charge is 0.337 e. The Kier molecular flexibility index (Phi) is 6.26. The van der Waals surface area contributed by atoms with E-state index in [1.165, 1.54) is 12.1 Å². The first-order valence-corrected chi connectivity index (χ1v) is 11.1. The van der Waals surface area contributed by atoms with Gasteiger partial charge in [-0.25, -0.2) is 9.18 Å². The first-order valence-electron chi connectivity index (χ1n) is 11.1. The summed E-state index contributed by atoms with van der Waals surface area (Å²) in [5.74, 6) is -1.30. The number of carbonyl (C=O) groups is 2. The van der Waals surface area contributed by atoms with E-state index in [0.717, 1.165) is 11.3 Å². The van der Waals surface area contributed by atoms with Crippen LogP contribution in [0.25, 0.3) is 0 Å². The van der Waals surface area contributed by atoms with E-state index in [0.29, 0.717) is 41.7 Å². The van der Waals surface area contributed by atoms with Crippen LogP contribution < -0.4 is 5.32 Å². The molecule has 0 saturated carbocycles. The van der Waals surface area contributed by atoms with Crippen molar-refractivity contribution in [1.82, 2.24) is 5.32 Å². The summed E-state index contributed by atoms with van der Waals surface area (Å²) in [5.41, 5.74) is 4.35. The minimum atomic E-state index is -0.576. The zero-order valence-electron chi connectivity index (χ0n) is 18.7. The summed E-state index contributed by atoms with van der Waals surface area (Å²) >= 11 is 0. The summed E-state index contributed by atoms with van der Waals surface area (Å²) in [5, 5.41) is 3.35. The maximum absolute atomic E-state index is 13.7. The third-order valence-corrected chi connectivity index (χ3v) is 6.40. The Morgan fingerprint density at radius 2 is 1.78 bits per heavy atom. The second-order valence-electron chi connectivity index (χ2n) is 8.60. The van der Waals surface area contributed by atoms with Gasteiger partial charge < -0.3 is 10.1 Å². The Labute approximate surface area is 188 Å². The Bertz CT molecular complexity index is 1090. The lowest BCUT2D eigenvalue weighted by Gasteiger charge is -2.37. The summed E-state index contributed by atoms with van der Waals surface area (Å²) < 4.78 is 19.3. The van der Waals surface area contributed by atoms with Crippen LogP contribution in [-0.2, 0) is 14.3 Å². The van der Waals surface area contributed by atoms with Crippen molar-refractivity contribution >= 4 is 11.8 Å². The number of nitrogens with one attached hydrogen (secondary N) is 1. The molecule has 4 nitrogen and oxygen atoms in total. The zero-order valence-corrected chi connectivity index (χ0v) is 18.7. The topological polar surface area (TPSA) is 55.4 Å². The number of hydrogen-bond donors (Lipinski definition) is 1. The number of ether oxygens (including phenoxy) is 1. The van der Waals surface area contributed by atoms with Crippen molar-refractivity contribution in [3.63, 3.8) is 0 Å². The molecule has 0 saturated heterocycles. The van der Waals surface area contributed by atoms with E-state index in [1.807, 2.05) is 51.1 Å². The van der Waals surface area contributed by atoms with Crippen molar-refractivity contribution in [1.29, 1.82) is 0 Å². The molecule has 1 aliphatic heterocycles. The SMILES string of the molecule is CC[C@@H](C)OC(=O)C1=C(C)NC2=C(C(=O)C[C@@H](c3ccccc3)C2)[C@H]1c1ccc(F)cc1. The van der Waals surface area contributed by atoms with Crippen LogP contribution in [0.1, 0.15) is 63.0 Å². The predicted molar refractivity (Wildman–Crippen MR) is 121 cm³/mol. The number of dihydropyridines is 1. The average molecular weight is 434 g/mol. The van der Waals surface area contributed by atoms with Gasteiger partial charge in [-0.2, -0.15) is 0 Å². The molecule has 0 spiro atoms. The van der Waals surface area contributed by atoms with Gasteiger partial charge in [0.1, 0.15) is 5.82 Å². The first kappa shape index (κ1) is 22.0. The van der Waals surface area contributed by atoms with E-state index in [1.54, 1.807) is 12.1 Å². The molecule has 2 aliphatic rings. The summed E-state index contributed by atoms with van der Waals surface area (Å²) in [7, 11) is 0. The third kappa shape index (κ3) is 4.24. The highest BCUT2D eigenvalue weighted by Crippen LogP contribution is 2.45. The second-order valence-corrected chi connectivity index (χ2v) is 8.60. The number of allylic oxidation sites excluding steroid dienone is 3. The number of hydrogen-bond acceptors (Lipinski definition) is 4. The molecule has 0 bridgehead atoms. The second kappa shape index (κ2) is 9.11. The minimum absolute atomic E-state index is 0.00303. The van der Waals surface area contributed by atoms with Gasteiger partial charge >= 0.3 is 5.97 Å². The van der Waals surface area contributed by atoms with Gasteiger partial charge in [0.2, 0.25) is 0 Å². The number of rotatable bonds is 5. The molecule has 4 rings (SSSR count). The highest BCUT2D eigenvalue weighted by atomic mass is 19.1. The minimum Gasteiger partial charge on any atom is -0.459 e. The fraction of sp³-hybridized carbons (Fsp3) is 0.333. The molecular weight excluding hydrogens is 405 g/mol. The Morgan fingerprint density at radius 3 is 2.44 bits per heavy atom. The van der Waals surface area contributed by atoms with Gasteiger partial charge in [0.25, 0.3) is 0 Å². The number of esters is 1. The van der Waals surface area contributed by atoms with E-state index in [9.17, 15) is 14.0 Å². The van der Waals surface area contributed by atoms with Crippen molar-refractivity contribution in [3.8, 4) is 0 Å². The van der Waals surface area contributed by atoms with Crippen LogP contribution >= 0.6 is 0 Å². The Balaban J connectivity index is 1.78. The maximum atomic E-state index is 13.7. The van der Waals surface area contributed by atoms with Crippen molar-refractivity contribution in [2.45, 2.75) is 58.0 Å². The third-order valence-electron chi connectivity index (χ3n) is 6.40. The Hall–Kier alpha value is -3.21. The number of carbonyl (C=O) groups excluding carboxylic acids is 2. The molecule has 5 heteroatoms. The van der Waals surface area contributed by atoms with E-state index >= 15 is 0 Å². The summed E-state index contributed by atoms with van der Waals surface area (Å²) in [6.07, 6.45) is 1.50. The maximum Gasteiger partial charge on any atom is 0.337 e. The van der Waals surface area contributed by atoms with Crippen molar-refractivity contribution < 1.29 is 18.7 Å². The molecule has 0 amide bonds. The van der Waals surface area contributed by atoms with Gasteiger partial charge in [-0.3, -0.25) is 4.79 Å². The molecule has 1 aliphatic carbocycles. The lowest BCUT2D eigenvalue weighted by Crippen LogP contribution is -2.36. The molecule has 0 unspecified atom stereocenters. The lowest BCUT2D eigenvalue weighted by molar-refractivity contribution is -0.144. The van der Waals surface area contributed by atoms with Crippen LogP contribution in [-0.4, -0.2) is 17.9 Å². The fourth-order valence-corrected chi connectivity index (χ4v) is 4.59. The van der Waals surface area contributed by atoms with Crippen LogP contribution in [0.5, 0.6) is 0 Å². The molecule has 166 valence electrons. The van der Waals surface area contributed by atoms with Gasteiger partial charge in [0.05, 0.1) is 11.7 Å². The summed E-state index contributed by atoms with van der Waals surface area (Å²) in [6.45, 7) is 5.63. The average Bonchev–Trinajstić information content (AvgIpc) is 2.79. The van der Waals surface area contributed by atoms with Crippen LogP contribution in [0.2, 0.25) is 0 Å². The summed E-state index contributed by atoms with van der Waals surface area (Å²) in [6, 6.07) is 16.0. The van der Waals surface area contributed by atoms with Crippen LogP contribution in [0.15, 0.2) is 77.1 Å². The van der Waals surface area contributed by atoms with Crippen molar-refractivity contribution in [2.75, 3.05) is 0 Å². The van der Waals surface area contributed by atoms with Crippen molar-refractivity contribution in [2.24, 2.45) is 0 Å². The standard InChI is InChI=1S/C27H28FNO3/c1-4-16(2)32-27(31)24-17(3)29-22-14-20(18-8-6-5-7-9-18)15-23(30)26(22)25(24)19-10-12-21(28)13-11-19/h5-13,16,20,25,29H,4,14-15H2,1-3H3/t16-,20+,25+/m1/s1. The number of halogens is 1. The first-order chi connectivity index (χ1) is 15.4. The van der Waals surface area contributed by atoms with E-state index in [2.05, 4.69) is 5.32 Å². The predicted octanol–water partition coefficient (Wildman–Crippen LogP) is 5.53. The molecule has 0 radical (unpaired) electrons. The molecule has 2 aromatic rings. The fourth-order valence-electron chi connectivity index (χ4n) is 4.59. The van der Waals surface area contributed by atoms with Crippen molar-refractivity contribution in [3.05, 3.63) is 94.1 Å². The molecule has 0 fully saturated rings. The van der Waals surface area contributed by atoms with Crippen LogP contribution in [0, 0.1) is 5.82 Å². The van der Waals surface area contributed by atoms with E-state index in [-0.39, 0.29) is 23.6 Å². The largest absolute Gasteiger partial charge is 0.459 e. The molecule has 0 aromatic heterocycles. The van der Waals surface area contributed by atoms with Crippen LogP contribution in [0.4, 0.5) is 4.39 Å². The normalized spacial score (nSPS) is 21.7. The monoisotopic (exact) mass is 433 g/mol. The lowest BCUT2D eigenvalue weighted by atomic mass is 9.72. The molecule has 2 aromatic carbocycles. The van der Waals surface area contributed by atoms with E-state index in [4.69, 9.17) is 4.74 Å². The highest BCUT2D eigenvalue weighted by Gasteiger charge is 2.41. The number of benzene rings is 2. The van der Waals surface area contributed by atoms with E-state index < -0.39 is 11.9 Å². The molecular formula is C27H28FNO3. The molecule has 3 atom stereocenters. The molecule has 1 heterocycles. The Morgan fingerprint density at radius 1 is 1.09 bits per heavy atom. The van der Waals surface area contributed by atoms with Gasteiger partial charge in [0, 0.05) is 29.3 Å². The van der Waals surface area contributed by atoms with Gasteiger partial charge in [0.15, 0.2) is 5.78 Å². The number of Topliss-reactive ketones (excluding diaryl/α,β-unsaturated/α-hetero) is 1. The van der Waals surface area contributed by atoms with Gasteiger partial charge in [-0.15, -0.1) is 0 Å². The zero-order chi connectivity index (χ0) is 22.8. The van der Waals surface area contributed by atoms with Crippen LogP contribution in [0.3, 0.4) is 0 Å². The quantitative estimate of drug-likeness (QED) is 0.630.